The zero-order valence-electron chi connectivity index (χ0n) is 13.4. The number of carbonyl (C=O) groups excluding carboxylic acids is 2. The first-order chi connectivity index (χ1) is 10.3. The number of aryl methyl sites for hydroxylation is 2. The number of esters is 2. The van der Waals surface area contributed by atoms with Gasteiger partial charge < -0.3 is 9.47 Å². The van der Waals surface area contributed by atoms with E-state index in [1.807, 2.05) is 27.7 Å². The summed E-state index contributed by atoms with van der Waals surface area (Å²) < 4.78 is 9.69. The highest BCUT2D eigenvalue weighted by molar-refractivity contribution is 7.15. The summed E-state index contributed by atoms with van der Waals surface area (Å²) in [6, 6.07) is 0. The second-order valence-corrected chi connectivity index (χ2v) is 7.41. The van der Waals surface area contributed by atoms with E-state index in [0.717, 1.165) is 32.0 Å². The summed E-state index contributed by atoms with van der Waals surface area (Å²) in [6.45, 7) is 7.79. The monoisotopic (exact) mass is 338 g/mol. The van der Waals surface area contributed by atoms with Gasteiger partial charge in [0.15, 0.2) is 0 Å². The molecule has 6 heteroatoms. The quantitative estimate of drug-likeness (QED) is 0.784. The first kappa shape index (κ1) is 16.7. The molecule has 4 nitrogen and oxygen atoms in total. The van der Waals surface area contributed by atoms with Gasteiger partial charge in [-0.15, -0.1) is 22.7 Å². The third-order valence-corrected chi connectivity index (χ3v) is 6.01. The van der Waals surface area contributed by atoms with E-state index in [1.54, 1.807) is 0 Å². The fourth-order valence-electron chi connectivity index (χ4n) is 2.62. The van der Waals surface area contributed by atoms with E-state index in [1.165, 1.54) is 36.9 Å². The summed E-state index contributed by atoms with van der Waals surface area (Å²) in [7, 11) is 2.76. The third-order valence-electron chi connectivity index (χ3n) is 3.64. The van der Waals surface area contributed by atoms with Gasteiger partial charge in [0.1, 0.15) is 9.75 Å². The van der Waals surface area contributed by atoms with Crippen LogP contribution in [0.5, 0.6) is 0 Å². The molecule has 0 spiro atoms. The number of ether oxygens (including phenoxy) is 2. The van der Waals surface area contributed by atoms with Crippen LogP contribution in [0, 0.1) is 27.7 Å². The van der Waals surface area contributed by atoms with Crippen LogP contribution in [0.1, 0.15) is 40.2 Å². The third kappa shape index (κ3) is 2.57. The van der Waals surface area contributed by atoms with Gasteiger partial charge in [-0.3, -0.25) is 0 Å². The summed E-state index contributed by atoms with van der Waals surface area (Å²) >= 11 is 2.85. The van der Waals surface area contributed by atoms with E-state index < -0.39 is 0 Å². The summed E-state index contributed by atoms with van der Waals surface area (Å²) in [6.07, 6.45) is 0. The molecule has 0 fully saturated rings. The minimum Gasteiger partial charge on any atom is -0.465 e. The van der Waals surface area contributed by atoms with Crippen molar-refractivity contribution in [1.82, 2.24) is 0 Å². The molecule has 0 aliphatic rings. The lowest BCUT2D eigenvalue weighted by atomic mass is 9.97. The van der Waals surface area contributed by atoms with Crippen LogP contribution in [0.3, 0.4) is 0 Å². The molecule has 0 aromatic carbocycles. The molecule has 2 heterocycles. The van der Waals surface area contributed by atoms with Crippen molar-refractivity contribution in [2.45, 2.75) is 27.7 Å². The minimum atomic E-state index is -0.324. The molecule has 0 aliphatic carbocycles. The fourth-order valence-corrected chi connectivity index (χ4v) is 4.79. The summed E-state index contributed by atoms with van der Waals surface area (Å²) in [5.74, 6) is -0.647. The maximum absolute atomic E-state index is 11.9. The average molecular weight is 338 g/mol. The Morgan fingerprint density at radius 1 is 0.727 bits per heavy atom. The first-order valence-corrected chi connectivity index (χ1v) is 8.33. The van der Waals surface area contributed by atoms with Crippen molar-refractivity contribution in [1.29, 1.82) is 0 Å². The second kappa shape index (κ2) is 6.22. The normalized spacial score (nSPS) is 10.6. The van der Waals surface area contributed by atoms with Crippen LogP contribution in [0.25, 0.3) is 11.1 Å². The molecule has 2 rings (SSSR count). The van der Waals surface area contributed by atoms with Gasteiger partial charge in [0.25, 0.3) is 0 Å². The summed E-state index contributed by atoms with van der Waals surface area (Å²) in [4.78, 5) is 27.1. The maximum atomic E-state index is 11.9. The first-order valence-electron chi connectivity index (χ1n) is 6.70. The van der Waals surface area contributed by atoms with Crippen molar-refractivity contribution in [3.63, 3.8) is 0 Å². The van der Waals surface area contributed by atoms with E-state index in [4.69, 9.17) is 9.47 Å². The van der Waals surface area contributed by atoms with Gasteiger partial charge in [0, 0.05) is 20.9 Å². The van der Waals surface area contributed by atoms with Gasteiger partial charge in [-0.25, -0.2) is 9.59 Å². The number of hydrogen-bond acceptors (Lipinski definition) is 6. The van der Waals surface area contributed by atoms with Crippen molar-refractivity contribution >= 4 is 34.6 Å². The maximum Gasteiger partial charge on any atom is 0.348 e. The van der Waals surface area contributed by atoms with Crippen LogP contribution in [0.2, 0.25) is 0 Å². The topological polar surface area (TPSA) is 52.6 Å². The standard InChI is InChI=1S/C16H18O4S2/c1-7-11(9(3)21-13(7)15(17)19-5)12-8(2)14(16(18)20-6)22-10(12)4/h1-6H3. The Kier molecular flexibility index (Phi) is 4.72. The van der Waals surface area contributed by atoms with Crippen molar-refractivity contribution in [2.24, 2.45) is 0 Å². The van der Waals surface area contributed by atoms with Crippen molar-refractivity contribution in [3.05, 3.63) is 30.6 Å². The Labute approximate surface area is 137 Å². The second-order valence-electron chi connectivity index (χ2n) is 4.96. The zero-order chi connectivity index (χ0) is 16.6. The molecule has 0 saturated heterocycles. The molecular weight excluding hydrogens is 320 g/mol. The Morgan fingerprint density at radius 3 is 1.32 bits per heavy atom. The molecule has 0 bridgehead atoms. The highest BCUT2D eigenvalue weighted by Crippen LogP contribution is 2.43. The molecular formula is C16H18O4S2. The van der Waals surface area contributed by atoms with Gasteiger partial charge in [-0.05, 0) is 38.8 Å². The summed E-state index contributed by atoms with van der Waals surface area (Å²) in [5, 5.41) is 0. The molecule has 118 valence electrons. The van der Waals surface area contributed by atoms with Gasteiger partial charge >= 0.3 is 11.9 Å². The van der Waals surface area contributed by atoms with Crippen LogP contribution in [-0.2, 0) is 9.47 Å². The summed E-state index contributed by atoms with van der Waals surface area (Å²) in [5.41, 5.74) is 3.84. The fraction of sp³-hybridized carbons (Fsp3) is 0.375. The molecule has 2 aromatic heterocycles. The molecule has 0 aliphatic heterocycles. The predicted molar refractivity (Wildman–Crippen MR) is 89.3 cm³/mol. The highest BCUT2D eigenvalue weighted by atomic mass is 32.1. The Bertz CT molecular complexity index is 689. The lowest BCUT2D eigenvalue weighted by Crippen LogP contribution is -2.01. The van der Waals surface area contributed by atoms with E-state index in [9.17, 15) is 9.59 Å². The SMILES string of the molecule is COC(=O)c1sc(C)c(-c2c(C)sc(C(=O)OC)c2C)c1C. The number of carbonyl (C=O) groups is 2. The smallest absolute Gasteiger partial charge is 0.348 e. The largest absolute Gasteiger partial charge is 0.465 e. The van der Waals surface area contributed by atoms with Gasteiger partial charge in [0.2, 0.25) is 0 Å². The van der Waals surface area contributed by atoms with Gasteiger partial charge in [0.05, 0.1) is 14.2 Å². The van der Waals surface area contributed by atoms with Crippen molar-refractivity contribution < 1.29 is 19.1 Å². The van der Waals surface area contributed by atoms with Gasteiger partial charge in [-0.1, -0.05) is 0 Å². The molecule has 0 unspecified atom stereocenters. The number of hydrogen-bond donors (Lipinski definition) is 0. The Morgan fingerprint density at radius 2 is 1.05 bits per heavy atom. The molecule has 0 radical (unpaired) electrons. The average Bonchev–Trinajstić information content (AvgIpc) is 2.94. The lowest BCUT2D eigenvalue weighted by molar-refractivity contribution is 0.0596. The highest BCUT2D eigenvalue weighted by Gasteiger charge is 2.25. The lowest BCUT2D eigenvalue weighted by Gasteiger charge is -2.06. The van der Waals surface area contributed by atoms with Gasteiger partial charge in [-0.2, -0.15) is 0 Å². The van der Waals surface area contributed by atoms with Crippen LogP contribution in [0.4, 0.5) is 0 Å². The molecule has 0 amide bonds. The van der Waals surface area contributed by atoms with Crippen LogP contribution >= 0.6 is 22.7 Å². The van der Waals surface area contributed by atoms with E-state index in [-0.39, 0.29) is 11.9 Å². The number of thiophene rings is 2. The van der Waals surface area contributed by atoms with E-state index in [2.05, 4.69) is 0 Å². The van der Waals surface area contributed by atoms with Crippen molar-refractivity contribution in [2.75, 3.05) is 14.2 Å². The molecule has 2 aromatic rings. The molecule has 0 N–H and O–H groups in total. The molecule has 0 atom stereocenters. The zero-order valence-corrected chi connectivity index (χ0v) is 15.1. The van der Waals surface area contributed by atoms with Crippen molar-refractivity contribution in [3.8, 4) is 11.1 Å². The van der Waals surface area contributed by atoms with Crippen LogP contribution in [-0.4, -0.2) is 26.2 Å². The molecule has 22 heavy (non-hydrogen) atoms. The van der Waals surface area contributed by atoms with E-state index in [0.29, 0.717) is 9.75 Å². The minimum absolute atomic E-state index is 0.324. The number of methoxy groups -OCH3 is 2. The van der Waals surface area contributed by atoms with Crippen LogP contribution < -0.4 is 0 Å². The number of rotatable bonds is 3. The Hall–Kier alpha value is -1.66. The van der Waals surface area contributed by atoms with Crippen LogP contribution in [0.15, 0.2) is 0 Å². The van der Waals surface area contributed by atoms with E-state index >= 15 is 0 Å². The predicted octanol–water partition coefficient (Wildman–Crippen LogP) is 4.28. The molecule has 0 saturated carbocycles. The Balaban J connectivity index is 2.68.